The van der Waals surface area contributed by atoms with Crippen LogP contribution >= 0.6 is 0 Å². The zero-order valence-electron chi connectivity index (χ0n) is 12.5. The molecule has 0 spiro atoms. The van der Waals surface area contributed by atoms with Crippen molar-refractivity contribution in [1.82, 2.24) is 0 Å². The molecule has 0 amide bonds. The Bertz CT molecular complexity index is 597. The van der Waals surface area contributed by atoms with Crippen LogP contribution in [0, 0.1) is 0 Å². The second-order valence-electron chi connectivity index (χ2n) is 5.66. The fourth-order valence-corrected chi connectivity index (χ4v) is 2.95. The lowest BCUT2D eigenvalue weighted by Gasteiger charge is -2.35. The normalized spacial score (nSPS) is 17.2. The van der Waals surface area contributed by atoms with Crippen LogP contribution in [0.4, 0.5) is 11.4 Å². The first kappa shape index (κ1) is 13.8. The molecule has 0 bridgehead atoms. The van der Waals surface area contributed by atoms with E-state index in [2.05, 4.69) is 42.2 Å². The molecule has 1 atom stereocenters. The van der Waals surface area contributed by atoms with Crippen LogP contribution in [0.15, 0.2) is 48.5 Å². The molecule has 21 heavy (non-hydrogen) atoms. The number of benzene rings is 2. The fraction of sp³-hybridized carbons (Fsp3) is 0.333. The standard InChI is InChI=1S/C18H22N2O/c1-14-13-20(12-6-9-15-7-3-2-4-8-15)18-16(19)10-5-11-17(18)21-14/h2-5,7-8,10-11,14H,6,9,12-13,19H2,1H3. The number of hydrogen-bond donors (Lipinski definition) is 1. The second-order valence-corrected chi connectivity index (χ2v) is 5.66. The smallest absolute Gasteiger partial charge is 0.145 e. The van der Waals surface area contributed by atoms with Gasteiger partial charge in [0.15, 0.2) is 0 Å². The highest BCUT2D eigenvalue weighted by molar-refractivity contribution is 5.75. The summed E-state index contributed by atoms with van der Waals surface area (Å²) in [5.41, 5.74) is 9.39. The van der Waals surface area contributed by atoms with Crippen molar-refractivity contribution >= 4 is 11.4 Å². The number of nitrogens with zero attached hydrogens (tertiary/aromatic N) is 1. The summed E-state index contributed by atoms with van der Waals surface area (Å²) >= 11 is 0. The van der Waals surface area contributed by atoms with Crippen LogP contribution in [-0.4, -0.2) is 19.2 Å². The SMILES string of the molecule is CC1CN(CCCc2ccccc2)c2c(N)cccc2O1. The van der Waals surface area contributed by atoms with Gasteiger partial charge in [-0.1, -0.05) is 36.4 Å². The molecule has 3 nitrogen and oxygen atoms in total. The van der Waals surface area contributed by atoms with Crippen molar-refractivity contribution in [2.45, 2.75) is 25.9 Å². The van der Waals surface area contributed by atoms with Crippen molar-refractivity contribution < 1.29 is 4.74 Å². The zero-order chi connectivity index (χ0) is 14.7. The molecule has 1 heterocycles. The fourth-order valence-electron chi connectivity index (χ4n) is 2.95. The summed E-state index contributed by atoms with van der Waals surface area (Å²) in [6, 6.07) is 16.5. The van der Waals surface area contributed by atoms with Gasteiger partial charge in [-0.15, -0.1) is 0 Å². The summed E-state index contributed by atoms with van der Waals surface area (Å²) in [5, 5.41) is 0. The number of nitrogen functional groups attached to an aromatic ring is 1. The summed E-state index contributed by atoms with van der Waals surface area (Å²) in [7, 11) is 0. The van der Waals surface area contributed by atoms with E-state index in [1.807, 2.05) is 18.2 Å². The monoisotopic (exact) mass is 282 g/mol. The van der Waals surface area contributed by atoms with Crippen molar-refractivity contribution in [2.24, 2.45) is 0 Å². The molecule has 0 aromatic heterocycles. The van der Waals surface area contributed by atoms with Gasteiger partial charge in [-0.2, -0.15) is 0 Å². The minimum atomic E-state index is 0.205. The molecule has 2 N–H and O–H groups in total. The summed E-state index contributed by atoms with van der Waals surface area (Å²) < 4.78 is 5.89. The maximum Gasteiger partial charge on any atom is 0.145 e. The summed E-state index contributed by atoms with van der Waals surface area (Å²) in [4.78, 5) is 2.36. The van der Waals surface area contributed by atoms with Gasteiger partial charge in [0.05, 0.1) is 12.2 Å². The number of fused-ring (bicyclic) bond motifs is 1. The van der Waals surface area contributed by atoms with Gasteiger partial charge >= 0.3 is 0 Å². The van der Waals surface area contributed by atoms with Crippen LogP contribution in [0.3, 0.4) is 0 Å². The Kier molecular flexibility index (Phi) is 4.00. The minimum Gasteiger partial charge on any atom is -0.487 e. The van der Waals surface area contributed by atoms with Gasteiger partial charge in [-0.3, -0.25) is 0 Å². The van der Waals surface area contributed by atoms with Crippen molar-refractivity contribution in [3.05, 3.63) is 54.1 Å². The molecular formula is C18H22N2O. The lowest BCUT2D eigenvalue weighted by molar-refractivity contribution is 0.212. The number of nitrogens with two attached hydrogens (primary N) is 1. The summed E-state index contributed by atoms with van der Waals surface area (Å²) in [5.74, 6) is 0.911. The molecule has 2 aromatic carbocycles. The van der Waals surface area contributed by atoms with Gasteiger partial charge < -0.3 is 15.4 Å². The topological polar surface area (TPSA) is 38.5 Å². The van der Waals surface area contributed by atoms with Gasteiger partial charge in [0, 0.05) is 6.54 Å². The van der Waals surface area contributed by atoms with E-state index in [-0.39, 0.29) is 6.10 Å². The molecule has 3 heteroatoms. The van der Waals surface area contributed by atoms with E-state index in [0.717, 1.165) is 43.1 Å². The van der Waals surface area contributed by atoms with E-state index in [1.54, 1.807) is 0 Å². The number of anilines is 2. The largest absolute Gasteiger partial charge is 0.487 e. The molecular weight excluding hydrogens is 260 g/mol. The van der Waals surface area contributed by atoms with Gasteiger partial charge in [0.25, 0.3) is 0 Å². The van der Waals surface area contributed by atoms with Crippen molar-refractivity contribution in [3.8, 4) is 5.75 Å². The van der Waals surface area contributed by atoms with Crippen LogP contribution in [-0.2, 0) is 6.42 Å². The quantitative estimate of drug-likeness (QED) is 0.872. The lowest BCUT2D eigenvalue weighted by atomic mass is 10.1. The lowest BCUT2D eigenvalue weighted by Crippen LogP contribution is -2.39. The highest BCUT2D eigenvalue weighted by Crippen LogP contribution is 2.38. The Morgan fingerprint density at radius 2 is 1.95 bits per heavy atom. The highest BCUT2D eigenvalue weighted by atomic mass is 16.5. The molecule has 0 saturated carbocycles. The molecule has 3 rings (SSSR count). The Morgan fingerprint density at radius 1 is 1.14 bits per heavy atom. The third-order valence-corrected chi connectivity index (χ3v) is 3.89. The number of rotatable bonds is 4. The predicted octanol–water partition coefficient (Wildman–Crippen LogP) is 3.49. The van der Waals surface area contributed by atoms with Gasteiger partial charge in [0.1, 0.15) is 17.5 Å². The van der Waals surface area contributed by atoms with Crippen molar-refractivity contribution in [1.29, 1.82) is 0 Å². The van der Waals surface area contributed by atoms with Crippen molar-refractivity contribution in [3.63, 3.8) is 0 Å². The second kappa shape index (κ2) is 6.08. The third-order valence-electron chi connectivity index (χ3n) is 3.89. The van der Waals surface area contributed by atoms with Crippen molar-refractivity contribution in [2.75, 3.05) is 23.7 Å². The molecule has 0 fully saturated rings. The predicted molar refractivity (Wildman–Crippen MR) is 87.9 cm³/mol. The Morgan fingerprint density at radius 3 is 2.76 bits per heavy atom. The minimum absolute atomic E-state index is 0.205. The molecule has 1 aliphatic rings. The maximum atomic E-state index is 6.14. The molecule has 110 valence electrons. The first-order valence-electron chi connectivity index (χ1n) is 7.58. The molecule has 1 unspecified atom stereocenters. The Balaban J connectivity index is 1.69. The Labute approximate surface area is 126 Å². The van der Waals surface area contributed by atoms with Gasteiger partial charge in [0.2, 0.25) is 0 Å². The molecule has 0 saturated heterocycles. The molecule has 0 aliphatic carbocycles. The number of para-hydroxylation sites is 1. The highest BCUT2D eigenvalue weighted by Gasteiger charge is 2.24. The van der Waals surface area contributed by atoms with Crippen LogP contribution in [0.5, 0.6) is 5.75 Å². The van der Waals surface area contributed by atoms with E-state index in [4.69, 9.17) is 10.5 Å². The van der Waals surface area contributed by atoms with Crippen LogP contribution < -0.4 is 15.4 Å². The van der Waals surface area contributed by atoms with Gasteiger partial charge in [-0.05, 0) is 37.5 Å². The molecule has 2 aromatic rings. The van der Waals surface area contributed by atoms with E-state index in [9.17, 15) is 0 Å². The van der Waals surface area contributed by atoms with E-state index >= 15 is 0 Å². The number of ether oxygens (including phenoxy) is 1. The van der Waals surface area contributed by atoms with Crippen LogP contribution in [0.1, 0.15) is 18.9 Å². The average Bonchev–Trinajstić information content (AvgIpc) is 2.48. The van der Waals surface area contributed by atoms with Gasteiger partial charge in [-0.25, -0.2) is 0 Å². The molecule has 1 aliphatic heterocycles. The average molecular weight is 282 g/mol. The third kappa shape index (κ3) is 3.13. The zero-order valence-corrected chi connectivity index (χ0v) is 12.5. The van der Waals surface area contributed by atoms with E-state index in [1.165, 1.54) is 5.56 Å². The van der Waals surface area contributed by atoms with E-state index < -0.39 is 0 Å². The Hall–Kier alpha value is -2.16. The number of hydrogen-bond acceptors (Lipinski definition) is 3. The summed E-state index contributed by atoms with van der Waals surface area (Å²) in [6.07, 6.45) is 2.41. The van der Waals surface area contributed by atoms with Crippen LogP contribution in [0.25, 0.3) is 0 Å². The molecule has 0 radical (unpaired) electrons. The summed E-state index contributed by atoms with van der Waals surface area (Å²) in [6.45, 7) is 4.01. The van der Waals surface area contributed by atoms with E-state index in [0.29, 0.717) is 0 Å². The number of aryl methyl sites for hydroxylation is 1. The first-order chi connectivity index (χ1) is 10.2. The first-order valence-corrected chi connectivity index (χ1v) is 7.58. The van der Waals surface area contributed by atoms with Crippen LogP contribution in [0.2, 0.25) is 0 Å². The maximum absolute atomic E-state index is 6.14.